The fraction of sp³-hybridized carbons (Fsp3) is 0.423. The average molecular weight is 480 g/mol. The van der Waals surface area contributed by atoms with Crippen molar-refractivity contribution < 1.29 is 9.53 Å². The molecule has 0 spiro atoms. The summed E-state index contributed by atoms with van der Waals surface area (Å²) in [5, 5.41) is 16.2. The van der Waals surface area contributed by atoms with Gasteiger partial charge in [0.2, 0.25) is 5.91 Å². The molecule has 8 heteroatoms. The van der Waals surface area contributed by atoms with Gasteiger partial charge in [0.05, 0.1) is 19.4 Å². The Hall–Kier alpha value is -3.00. The lowest BCUT2D eigenvalue weighted by Crippen LogP contribution is -2.19. The normalized spacial score (nSPS) is 14.1. The third kappa shape index (κ3) is 6.32. The lowest BCUT2D eigenvalue weighted by atomic mass is 9.95. The van der Waals surface area contributed by atoms with Crippen molar-refractivity contribution in [1.82, 2.24) is 14.8 Å². The number of aromatic nitrogens is 3. The summed E-state index contributed by atoms with van der Waals surface area (Å²) < 4.78 is 7.57. The molecule has 2 N–H and O–H groups in total. The van der Waals surface area contributed by atoms with Crippen LogP contribution < -0.4 is 15.4 Å². The number of hydrogen-bond donors (Lipinski definition) is 2. The molecule has 7 nitrogen and oxygen atoms in total. The van der Waals surface area contributed by atoms with Gasteiger partial charge in [0.1, 0.15) is 5.75 Å². The van der Waals surface area contributed by atoms with Gasteiger partial charge in [-0.05, 0) is 49.1 Å². The zero-order valence-corrected chi connectivity index (χ0v) is 20.7. The quantitative estimate of drug-likeness (QED) is 0.363. The van der Waals surface area contributed by atoms with Crippen LogP contribution >= 0.6 is 11.8 Å². The molecule has 1 aromatic heterocycles. The van der Waals surface area contributed by atoms with Crippen LogP contribution in [0.15, 0.2) is 53.7 Å². The fourth-order valence-corrected chi connectivity index (χ4v) is 5.12. The van der Waals surface area contributed by atoms with Gasteiger partial charge in [0.25, 0.3) is 0 Å². The van der Waals surface area contributed by atoms with Crippen molar-refractivity contribution in [2.75, 3.05) is 23.5 Å². The number of nitrogens with zero attached hydrogens (tertiary/aromatic N) is 3. The fourth-order valence-electron chi connectivity index (χ4n) is 4.30. The van der Waals surface area contributed by atoms with Crippen LogP contribution in [0, 0.1) is 0 Å². The van der Waals surface area contributed by atoms with E-state index in [1.807, 2.05) is 48.5 Å². The first-order valence-corrected chi connectivity index (χ1v) is 13.0. The molecular weight excluding hydrogens is 446 g/mol. The van der Waals surface area contributed by atoms with Crippen molar-refractivity contribution in [2.45, 2.75) is 63.2 Å². The number of carbonyl (C=O) groups is 1. The number of amides is 1. The summed E-state index contributed by atoms with van der Waals surface area (Å²) in [6, 6.07) is 16.2. The van der Waals surface area contributed by atoms with Gasteiger partial charge in [0.15, 0.2) is 11.0 Å². The molecule has 0 saturated heterocycles. The molecule has 0 radical (unpaired) electrons. The van der Waals surface area contributed by atoms with Gasteiger partial charge in [0, 0.05) is 23.5 Å². The van der Waals surface area contributed by atoms with Crippen molar-refractivity contribution in [3.63, 3.8) is 0 Å². The molecule has 0 bridgehead atoms. The van der Waals surface area contributed by atoms with E-state index in [1.54, 1.807) is 7.11 Å². The molecule has 1 amide bonds. The highest BCUT2D eigenvalue weighted by Gasteiger charge is 2.23. The summed E-state index contributed by atoms with van der Waals surface area (Å²) in [5.74, 6) is 1.96. The first-order chi connectivity index (χ1) is 16.7. The van der Waals surface area contributed by atoms with E-state index in [2.05, 4.69) is 32.3 Å². The van der Waals surface area contributed by atoms with Crippen molar-refractivity contribution in [2.24, 2.45) is 0 Å². The van der Waals surface area contributed by atoms with Crippen LogP contribution in [-0.2, 0) is 17.8 Å². The molecule has 1 aliphatic rings. The summed E-state index contributed by atoms with van der Waals surface area (Å²) >= 11 is 1.45. The number of nitrogens with one attached hydrogen (secondary N) is 2. The Morgan fingerprint density at radius 1 is 1.09 bits per heavy atom. The Morgan fingerprint density at radius 2 is 1.88 bits per heavy atom. The van der Waals surface area contributed by atoms with E-state index in [9.17, 15) is 4.79 Å². The molecule has 1 saturated carbocycles. The van der Waals surface area contributed by atoms with E-state index in [-0.39, 0.29) is 5.91 Å². The third-order valence-electron chi connectivity index (χ3n) is 6.17. The predicted octanol–water partition coefficient (Wildman–Crippen LogP) is 5.70. The third-order valence-corrected chi connectivity index (χ3v) is 7.12. The number of thioether (sulfide) groups is 1. The van der Waals surface area contributed by atoms with Crippen LogP contribution in [0.3, 0.4) is 0 Å². The van der Waals surface area contributed by atoms with E-state index in [1.165, 1.54) is 36.6 Å². The molecule has 2 aromatic carbocycles. The average Bonchev–Trinajstić information content (AvgIpc) is 3.30. The van der Waals surface area contributed by atoms with Crippen LogP contribution in [0.25, 0.3) is 0 Å². The topological polar surface area (TPSA) is 81.1 Å². The first kappa shape index (κ1) is 24.1. The van der Waals surface area contributed by atoms with E-state index in [4.69, 9.17) is 4.74 Å². The van der Waals surface area contributed by atoms with Gasteiger partial charge >= 0.3 is 0 Å². The Labute approximate surface area is 205 Å². The number of methoxy groups -OCH3 is 1. The zero-order chi connectivity index (χ0) is 23.8. The maximum atomic E-state index is 12.6. The molecule has 1 heterocycles. The van der Waals surface area contributed by atoms with E-state index in [0.717, 1.165) is 47.4 Å². The summed E-state index contributed by atoms with van der Waals surface area (Å²) in [6.45, 7) is 2.68. The molecule has 4 rings (SSSR count). The van der Waals surface area contributed by atoms with Crippen molar-refractivity contribution in [1.29, 1.82) is 0 Å². The van der Waals surface area contributed by atoms with Gasteiger partial charge in [-0.2, -0.15) is 0 Å². The van der Waals surface area contributed by atoms with E-state index >= 15 is 0 Å². The van der Waals surface area contributed by atoms with Crippen LogP contribution in [0.1, 0.15) is 56.5 Å². The maximum absolute atomic E-state index is 12.6. The maximum Gasteiger partial charge on any atom is 0.234 e. The largest absolute Gasteiger partial charge is 0.497 e. The van der Waals surface area contributed by atoms with Crippen LogP contribution in [-0.4, -0.2) is 33.5 Å². The Kier molecular flexibility index (Phi) is 8.46. The van der Waals surface area contributed by atoms with Crippen molar-refractivity contribution >= 4 is 29.0 Å². The number of aryl methyl sites for hydroxylation is 1. The molecule has 1 aliphatic carbocycles. The van der Waals surface area contributed by atoms with Gasteiger partial charge in [-0.15, -0.1) is 10.2 Å². The molecular formula is C26H33N5O2S. The summed E-state index contributed by atoms with van der Waals surface area (Å²) in [7, 11) is 1.67. The molecule has 3 aromatic rings. The molecule has 0 aliphatic heterocycles. The number of hydrogen-bond acceptors (Lipinski definition) is 6. The number of anilines is 2. The van der Waals surface area contributed by atoms with Crippen molar-refractivity contribution in [3.05, 3.63) is 59.9 Å². The molecule has 180 valence electrons. The Bertz CT molecular complexity index is 1080. The minimum atomic E-state index is -0.0384. The summed E-state index contributed by atoms with van der Waals surface area (Å²) in [4.78, 5) is 12.6. The van der Waals surface area contributed by atoms with Crippen molar-refractivity contribution in [3.8, 4) is 5.75 Å². The number of benzene rings is 2. The van der Waals surface area contributed by atoms with Crippen LogP contribution in [0.2, 0.25) is 0 Å². The molecule has 34 heavy (non-hydrogen) atoms. The van der Waals surface area contributed by atoms with E-state index in [0.29, 0.717) is 18.3 Å². The smallest absolute Gasteiger partial charge is 0.234 e. The standard InChI is InChI=1S/C26H33N5O2S/c1-3-19-12-14-20(15-13-19)28-25(32)18-34-26-30-29-24(31(26)22-9-5-4-6-10-22)17-27-21-8-7-11-23(16-21)33-2/h7-8,11-16,22,27H,3-6,9-10,17-18H2,1-2H3,(H,28,32). The second kappa shape index (κ2) is 11.9. The molecule has 0 atom stereocenters. The Balaban J connectivity index is 1.43. The lowest BCUT2D eigenvalue weighted by molar-refractivity contribution is -0.113. The lowest BCUT2D eigenvalue weighted by Gasteiger charge is -2.25. The highest BCUT2D eigenvalue weighted by atomic mass is 32.2. The summed E-state index contributed by atoms with van der Waals surface area (Å²) in [6.07, 6.45) is 6.92. The molecule has 0 unspecified atom stereocenters. The minimum absolute atomic E-state index is 0.0384. The van der Waals surface area contributed by atoms with Crippen LogP contribution in [0.4, 0.5) is 11.4 Å². The zero-order valence-electron chi connectivity index (χ0n) is 19.9. The molecule has 1 fully saturated rings. The van der Waals surface area contributed by atoms with Crippen LogP contribution in [0.5, 0.6) is 5.75 Å². The van der Waals surface area contributed by atoms with Gasteiger partial charge in [-0.3, -0.25) is 4.79 Å². The highest BCUT2D eigenvalue weighted by Crippen LogP contribution is 2.33. The van der Waals surface area contributed by atoms with Gasteiger partial charge < -0.3 is 19.9 Å². The number of carbonyl (C=O) groups excluding carboxylic acids is 1. The second-order valence-corrected chi connectivity index (χ2v) is 9.48. The number of rotatable bonds is 10. The second-order valence-electron chi connectivity index (χ2n) is 8.53. The van der Waals surface area contributed by atoms with E-state index < -0.39 is 0 Å². The first-order valence-electron chi connectivity index (χ1n) is 12.0. The SMILES string of the molecule is CCc1ccc(NC(=O)CSc2nnc(CNc3cccc(OC)c3)n2C2CCCCC2)cc1. The Morgan fingerprint density at radius 3 is 2.62 bits per heavy atom. The highest BCUT2D eigenvalue weighted by molar-refractivity contribution is 7.99. The number of ether oxygens (including phenoxy) is 1. The van der Waals surface area contributed by atoms with Gasteiger partial charge in [-0.25, -0.2) is 0 Å². The predicted molar refractivity (Wildman–Crippen MR) is 138 cm³/mol. The minimum Gasteiger partial charge on any atom is -0.497 e. The van der Waals surface area contributed by atoms with Gasteiger partial charge in [-0.1, -0.05) is 56.1 Å². The summed E-state index contributed by atoms with van der Waals surface area (Å²) in [5.41, 5.74) is 3.04. The monoisotopic (exact) mass is 479 g/mol.